The Balaban J connectivity index is 5.19. The van der Waals surface area contributed by atoms with E-state index in [4.69, 9.17) is 37.0 Å². The van der Waals surface area contributed by atoms with Gasteiger partial charge in [-0.05, 0) is 37.5 Å². The van der Waals surface area contributed by atoms with Crippen molar-refractivity contribution in [2.24, 2.45) is 11.8 Å². The summed E-state index contributed by atoms with van der Waals surface area (Å²) in [5.74, 6) is -0.469. The average Bonchev–Trinajstić information content (AvgIpc) is 0.936. The fourth-order valence-electron chi connectivity index (χ4n) is 12.8. The van der Waals surface area contributed by atoms with E-state index in [1.807, 2.05) is 0 Å². The van der Waals surface area contributed by atoms with Gasteiger partial charge in [0.2, 0.25) is 0 Å². The Bertz CT molecular complexity index is 1960. The highest BCUT2D eigenvalue weighted by Crippen LogP contribution is 2.45. The molecule has 0 aromatic rings. The molecule has 17 nitrogen and oxygen atoms in total. The lowest BCUT2D eigenvalue weighted by molar-refractivity contribution is -0.161. The van der Waals surface area contributed by atoms with Crippen LogP contribution < -0.4 is 0 Å². The maximum absolute atomic E-state index is 13.1. The third-order valence-corrected chi connectivity index (χ3v) is 22.1. The lowest BCUT2D eigenvalue weighted by Gasteiger charge is -2.21. The van der Waals surface area contributed by atoms with E-state index in [1.54, 1.807) is 0 Å². The standard InChI is InChI=1S/C83H162O17P2/c1-7-11-13-15-17-19-20-21-22-23-24-28-31-34-37-41-48-54-60-66-81(86)94-72-78(99-82(87)67-61-55-49-42-38-35-32-29-26-25-27-30-33-36-40-45-51-57-63-75(5)9-3)73-97-101(89,90)95-69-77(84)70-96-102(91,92)98-74-79(71-93-80(85)65-59-53-47-39-18-16-14-12-8-2)100-83(88)68-62-56-50-44-43-46-52-58-64-76(6)10-4/h75-79,84H,7-74H2,1-6H3,(H,89,90)(H,91,92)/t75?,76?,77-,78-,79-/m1/s1. The first-order valence-corrected chi connectivity index (χ1v) is 46.1. The predicted octanol–water partition coefficient (Wildman–Crippen LogP) is 25.1. The topological polar surface area (TPSA) is 237 Å². The van der Waals surface area contributed by atoms with Crippen LogP contribution in [0.2, 0.25) is 0 Å². The molecular weight excluding hydrogens is 1330 g/mol. The summed E-state index contributed by atoms with van der Waals surface area (Å²) < 4.78 is 68.7. The van der Waals surface area contributed by atoms with Crippen LogP contribution in [0.15, 0.2) is 0 Å². The third kappa shape index (κ3) is 73.6. The molecule has 4 unspecified atom stereocenters. The smallest absolute Gasteiger partial charge is 0.462 e. The molecule has 0 bridgehead atoms. The highest BCUT2D eigenvalue weighted by atomic mass is 31.2. The van der Waals surface area contributed by atoms with Gasteiger partial charge < -0.3 is 33.8 Å². The summed E-state index contributed by atoms with van der Waals surface area (Å²) in [5, 5.41) is 10.6. The quantitative estimate of drug-likeness (QED) is 0.0222. The van der Waals surface area contributed by atoms with Gasteiger partial charge >= 0.3 is 39.5 Å². The van der Waals surface area contributed by atoms with Gasteiger partial charge in [-0.2, -0.15) is 0 Å². The van der Waals surface area contributed by atoms with Gasteiger partial charge in [-0.1, -0.05) is 388 Å². The number of carbonyl (C=O) groups excluding carboxylic acids is 4. The number of aliphatic hydroxyl groups is 1. The highest BCUT2D eigenvalue weighted by Gasteiger charge is 2.30. The van der Waals surface area contributed by atoms with E-state index in [0.717, 1.165) is 102 Å². The molecule has 0 aromatic heterocycles. The van der Waals surface area contributed by atoms with E-state index >= 15 is 0 Å². The van der Waals surface area contributed by atoms with Gasteiger partial charge in [0, 0.05) is 25.7 Å². The van der Waals surface area contributed by atoms with Gasteiger partial charge in [-0.25, -0.2) is 9.13 Å². The molecule has 0 aliphatic carbocycles. The Kier molecular flexibility index (Phi) is 73.1. The maximum Gasteiger partial charge on any atom is 0.472 e. The molecule has 0 fully saturated rings. The van der Waals surface area contributed by atoms with Crippen LogP contribution >= 0.6 is 15.6 Å². The number of carbonyl (C=O) groups is 4. The van der Waals surface area contributed by atoms with Crippen molar-refractivity contribution >= 4 is 39.5 Å². The normalized spacial score (nSPS) is 14.4. The molecule has 0 saturated heterocycles. The van der Waals surface area contributed by atoms with Crippen molar-refractivity contribution < 1.29 is 80.2 Å². The molecule has 0 aromatic carbocycles. The molecule has 102 heavy (non-hydrogen) atoms. The number of ether oxygens (including phenoxy) is 4. The van der Waals surface area contributed by atoms with Gasteiger partial charge in [-0.3, -0.25) is 37.3 Å². The van der Waals surface area contributed by atoms with Crippen molar-refractivity contribution in [3.8, 4) is 0 Å². The monoisotopic (exact) mass is 1490 g/mol. The Morgan fingerprint density at radius 1 is 0.275 bits per heavy atom. The zero-order valence-electron chi connectivity index (χ0n) is 66.9. The van der Waals surface area contributed by atoms with E-state index in [1.165, 1.54) is 257 Å². The van der Waals surface area contributed by atoms with E-state index in [2.05, 4.69) is 41.5 Å². The first-order valence-electron chi connectivity index (χ1n) is 43.1. The minimum atomic E-state index is -4.96. The van der Waals surface area contributed by atoms with Gasteiger partial charge in [0.05, 0.1) is 26.4 Å². The van der Waals surface area contributed by atoms with E-state index < -0.39 is 97.5 Å². The summed E-state index contributed by atoms with van der Waals surface area (Å²) >= 11 is 0. The fraction of sp³-hybridized carbons (Fsp3) is 0.952. The molecule has 0 saturated carbocycles. The lowest BCUT2D eigenvalue weighted by Crippen LogP contribution is -2.30. The Morgan fingerprint density at radius 2 is 0.471 bits per heavy atom. The predicted molar refractivity (Wildman–Crippen MR) is 418 cm³/mol. The maximum atomic E-state index is 13.1. The van der Waals surface area contributed by atoms with E-state index in [-0.39, 0.29) is 25.7 Å². The molecular formula is C83H162O17P2. The van der Waals surface area contributed by atoms with Crippen LogP contribution in [0.1, 0.15) is 440 Å². The molecule has 0 aliphatic heterocycles. The minimum Gasteiger partial charge on any atom is -0.462 e. The second-order valence-corrected chi connectivity index (χ2v) is 33.3. The molecule has 0 rings (SSSR count). The Morgan fingerprint density at radius 3 is 0.696 bits per heavy atom. The minimum absolute atomic E-state index is 0.105. The number of hydrogen-bond acceptors (Lipinski definition) is 15. The van der Waals surface area contributed by atoms with Crippen LogP contribution in [0.5, 0.6) is 0 Å². The van der Waals surface area contributed by atoms with Crippen molar-refractivity contribution in [2.75, 3.05) is 39.6 Å². The first kappa shape index (κ1) is 100. The van der Waals surface area contributed by atoms with E-state index in [0.29, 0.717) is 25.7 Å². The van der Waals surface area contributed by atoms with Crippen molar-refractivity contribution in [1.29, 1.82) is 0 Å². The number of unbranched alkanes of at least 4 members (excludes halogenated alkanes) is 50. The van der Waals surface area contributed by atoms with Crippen molar-refractivity contribution in [3.05, 3.63) is 0 Å². The zero-order chi connectivity index (χ0) is 74.9. The number of phosphoric acid groups is 2. The van der Waals surface area contributed by atoms with Crippen LogP contribution in [-0.2, 0) is 65.4 Å². The van der Waals surface area contributed by atoms with E-state index in [9.17, 15) is 43.2 Å². The number of hydrogen-bond donors (Lipinski definition) is 3. The number of aliphatic hydroxyl groups excluding tert-OH is 1. The Labute approximate surface area is 626 Å². The summed E-state index contributed by atoms with van der Waals surface area (Å²) in [6.07, 6.45) is 65.3. The Hall–Kier alpha value is -1.94. The largest absolute Gasteiger partial charge is 0.472 e. The lowest BCUT2D eigenvalue weighted by atomic mass is 9.99. The third-order valence-electron chi connectivity index (χ3n) is 20.2. The number of esters is 4. The van der Waals surface area contributed by atoms with Gasteiger partial charge in [0.25, 0.3) is 0 Å². The van der Waals surface area contributed by atoms with Crippen LogP contribution in [0, 0.1) is 11.8 Å². The number of phosphoric ester groups is 2. The molecule has 3 N–H and O–H groups in total. The van der Waals surface area contributed by atoms with Crippen molar-refractivity contribution in [3.63, 3.8) is 0 Å². The van der Waals surface area contributed by atoms with Crippen molar-refractivity contribution in [2.45, 2.75) is 458 Å². The summed E-state index contributed by atoms with van der Waals surface area (Å²) in [5.41, 5.74) is 0. The van der Waals surface area contributed by atoms with Gasteiger partial charge in [0.1, 0.15) is 19.3 Å². The van der Waals surface area contributed by atoms with Gasteiger partial charge in [-0.15, -0.1) is 0 Å². The molecule has 7 atom stereocenters. The van der Waals surface area contributed by atoms with Crippen LogP contribution in [-0.4, -0.2) is 96.7 Å². The van der Waals surface area contributed by atoms with Crippen LogP contribution in [0.25, 0.3) is 0 Å². The molecule has 19 heteroatoms. The second kappa shape index (κ2) is 74.5. The molecule has 0 spiro atoms. The number of rotatable bonds is 82. The van der Waals surface area contributed by atoms with Gasteiger partial charge in [0.15, 0.2) is 12.2 Å². The van der Waals surface area contributed by atoms with Crippen LogP contribution in [0.4, 0.5) is 0 Å². The zero-order valence-corrected chi connectivity index (χ0v) is 68.7. The molecule has 0 amide bonds. The summed E-state index contributed by atoms with van der Waals surface area (Å²) in [6, 6.07) is 0. The molecule has 0 aliphatic rings. The SMILES string of the molecule is CCCCCCCCCCCCCCCCCCCCCC(=O)OC[C@H](COP(=O)(O)OC[C@@H](O)COP(=O)(O)OC[C@@H](COC(=O)CCCCCCCCCCC)OC(=O)CCCCCCCCCCC(C)CC)OC(=O)CCCCCCCCCCCCCCCCCCCCC(C)CC. The molecule has 606 valence electrons. The molecule has 0 radical (unpaired) electrons. The van der Waals surface area contributed by atoms with Crippen LogP contribution in [0.3, 0.4) is 0 Å². The summed E-state index contributed by atoms with van der Waals surface area (Å²) in [4.78, 5) is 73.0. The first-order chi connectivity index (χ1) is 49.4. The summed E-state index contributed by atoms with van der Waals surface area (Å²) in [6.45, 7) is 9.69. The summed E-state index contributed by atoms with van der Waals surface area (Å²) in [7, 11) is -9.92. The molecule has 0 heterocycles. The van der Waals surface area contributed by atoms with Crippen molar-refractivity contribution in [1.82, 2.24) is 0 Å². The second-order valence-electron chi connectivity index (χ2n) is 30.4. The average molecular weight is 1490 g/mol. The highest BCUT2D eigenvalue weighted by molar-refractivity contribution is 7.47. The fourth-order valence-corrected chi connectivity index (χ4v) is 14.4.